The monoisotopic (exact) mass is 442 g/mol. The molecule has 5 aliphatic rings. The van der Waals surface area contributed by atoms with Crippen molar-refractivity contribution in [2.75, 3.05) is 7.11 Å². The minimum atomic E-state index is -0.405. The third-order valence-corrected chi connectivity index (χ3v) is 13.1. The van der Waals surface area contributed by atoms with Crippen LogP contribution in [0.1, 0.15) is 113 Å². The maximum Gasteiger partial charge on any atom is 0.0941 e. The van der Waals surface area contributed by atoms with Crippen molar-refractivity contribution in [3.8, 4) is 0 Å². The van der Waals surface area contributed by atoms with Gasteiger partial charge in [-0.15, -0.1) is 0 Å². The van der Waals surface area contributed by atoms with Gasteiger partial charge in [0, 0.05) is 7.11 Å². The first-order chi connectivity index (χ1) is 14.8. The van der Waals surface area contributed by atoms with Gasteiger partial charge in [0.05, 0.1) is 11.7 Å². The standard InChI is InChI=1S/C30H50O2/c1-25(2)15-16-26(3)17-18-28(5)20(21(26)19-25)9-10-22-27(4)13-12-24(31)30(7,32-8)23(27)11-14-29(22,28)6/h9,21-24,31H,10-19H2,1-8H3/t21-,22-,23?,24+,26-,27-,28-,29-,30+/m1/s1. The molecule has 182 valence electrons. The number of methoxy groups -OCH3 is 1. The summed E-state index contributed by atoms with van der Waals surface area (Å²) in [5.74, 6) is 1.90. The van der Waals surface area contributed by atoms with Crippen molar-refractivity contribution in [2.24, 2.45) is 44.8 Å². The fourth-order valence-electron chi connectivity index (χ4n) is 10.4. The zero-order valence-electron chi connectivity index (χ0n) is 22.3. The fourth-order valence-corrected chi connectivity index (χ4v) is 10.4. The number of allylic oxidation sites excluding steroid dienone is 2. The van der Waals surface area contributed by atoms with E-state index in [1.807, 2.05) is 12.7 Å². The Morgan fingerprint density at radius 2 is 1.53 bits per heavy atom. The summed E-state index contributed by atoms with van der Waals surface area (Å²) in [6.07, 6.45) is 15.1. The van der Waals surface area contributed by atoms with Crippen molar-refractivity contribution in [1.29, 1.82) is 0 Å². The van der Waals surface area contributed by atoms with Gasteiger partial charge < -0.3 is 9.84 Å². The molecule has 1 unspecified atom stereocenters. The maximum absolute atomic E-state index is 10.9. The first kappa shape index (κ1) is 23.4. The molecule has 0 bridgehead atoms. The van der Waals surface area contributed by atoms with Gasteiger partial charge in [0.1, 0.15) is 0 Å². The van der Waals surface area contributed by atoms with Gasteiger partial charge in [-0.1, -0.05) is 53.2 Å². The summed E-state index contributed by atoms with van der Waals surface area (Å²) >= 11 is 0. The van der Waals surface area contributed by atoms with E-state index in [0.29, 0.717) is 33.5 Å². The molecule has 1 N–H and O–H groups in total. The van der Waals surface area contributed by atoms with Gasteiger partial charge in [0.25, 0.3) is 0 Å². The molecule has 5 aliphatic carbocycles. The second-order valence-corrected chi connectivity index (χ2v) is 14.8. The molecule has 0 amide bonds. The Morgan fingerprint density at radius 3 is 2.22 bits per heavy atom. The van der Waals surface area contributed by atoms with Crippen LogP contribution in [0, 0.1) is 44.8 Å². The van der Waals surface area contributed by atoms with E-state index < -0.39 is 5.60 Å². The molecule has 0 radical (unpaired) electrons. The number of ether oxygens (including phenoxy) is 1. The molecular formula is C30H50O2. The molecule has 0 spiro atoms. The number of rotatable bonds is 1. The number of hydrogen-bond donors (Lipinski definition) is 1. The molecule has 0 aliphatic heterocycles. The van der Waals surface area contributed by atoms with Gasteiger partial charge in [0.2, 0.25) is 0 Å². The SMILES string of the molecule is CO[C@@]1(C)C2CC[C@]3(C)[C@H](CC=C4[C@H]5CC(C)(C)CC[C@]5(C)CC[C@]43C)[C@@]2(C)CC[C@@H]1O. The van der Waals surface area contributed by atoms with E-state index in [2.05, 4.69) is 54.5 Å². The molecule has 9 atom stereocenters. The molecule has 32 heavy (non-hydrogen) atoms. The Balaban J connectivity index is 1.57. The summed E-state index contributed by atoms with van der Waals surface area (Å²) in [4.78, 5) is 0. The molecule has 0 aromatic carbocycles. The molecule has 5 rings (SSSR count). The summed E-state index contributed by atoms with van der Waals surface area (Å²) in [5.41, 5.74) is 3.35. The van der Waals surface area contributed by atoms with Crippen molar-refractivity contribution in [1.82, 2.24) is 0 Å². The summed E-state index contributed by atoms with van der Waals surface area (Å²) in [6.45, 7) is 17.8. The smallest absolute Gasteiger partial charge is 0.0941 e. The van der Waals surface area contributed by atoms with Gasteiger partial charge in [-0.25, -0.2) is 0 Å². The van der Waals surface area contributed by atoms with E-state index >= 15 is 0 Å². The average molecular weight is 443 g/mol. The van der Waals surface area contributed by atoms with Crippen LogP contribution in [0.5, 0.6) is 0 Å². The highest BCUT2D eigenvalue weighted by Crippen LogP contribution is 2.75. The maximum atomic E-state index is 10.9. The number of hydrogen-bond acceptors (Lipinski definition) is 2. The third-order valence-electron chi connectivity index (χ3n) is 13.1. The lowest BCUT2D eigenvalue weighted by Crippen LogP contribution is -2.67. The quantitative estimate of drug-likeness (QED) is 0.425. The highest BCUT2D eigenvalue weighted by molar-refractivity contribution is 5.33. The average Bonchev–Trinajstić information content (AvgIpc) is 2.73. The summed E-state index contributed by atoms with van der Waals surface area (Å²) in [7, 11) is 1.83. The predicted octanol–water partition coefficient (Wildman–Crippen LogP) is 7.55. The molecule has 0 heterocycles. The van der Waals surface area contributed by atoms with Crippen LogP contribution in [-0.4, -0.2) is 23.9 Å². The third kappa shape index (κ3) is 2.78. The molecule has 0 saturated heterocycles. The Hall–Kier alpha value is -0.340. The number of aliphatic hydroxyl groups excluding tert-OH is 1. The summed E-state index contributed by atoms with van der Waals surface area (Å²) in [6, 6.07) is 0. The van der Waals surface area contributed by atoms with Gasteiger partial charge in [-0.05, 0) is 116 Å². The predicted molar refractivity (Wildman–Crippen MR) is 132 cm³/mol. The molecule has 2 nitrogen and oxygen atoms in total. The molecule has 4 fully saturated rings. The van der Waals surface area contributed by atoms with E-state index in [1.54, 1.807) is 0 Å². The van der Waals surface area contributed by atoms with E-state index in [-0.39, 0.29) is 11.5 Å². The minimum Gasteiger partial charge on any atom is -0.390 e. The van der Waals surface area contributed by atoms with Gasteiger partial charge in [-0.2, -0.15) is 0 Å². The van der Waals surface area contributed by atoms with Crippen LogP contribution >= 0.6 is 0 Å². The lowest BCUT2D eigenvalue weighted by atomic mass is 9.34. The molecular weight excluding hydrogens is 392 g/mol. The topological polar surface area (TPSA) is 29.5 Å². The van der Waals surface area contributed by atoms with Crippen LogP contribution in [0.15, 0.2) is 11.6 Å². The Bertz CT molecular complexity index is 814. The second-order valence-electron chi connectivity index (χ2n) is 14.8. The summed E-state index contributed by atoms with van der Waals surface area (Å²) in [5, 5.41) is 10.9. The van der Waals surface area contributed by atoms with E-state index in [0.717, 1.165) is 18.8 Å². The molecule has 0 aromatic rings. The zero-order valence-corrected chi connectivity index (χ0v) is 22.3. The second kappa shape index (κ2) is 6.87. The van der Waals surface area contributed by atoms with Gasteiger partial charge >= 0.3 is 0 Å². The number of fused-ring (bicyclic) bond motifs is 7. The highest BCUT2D eigenvalue weighted by Gasteiger charge is 2.68. The van der Waals surface area contributed by atoms with Crippen molar-refractivity contribution < 1.29 is 9.84 Å². The lowest BCUT2D eigenvalue weighted by Gasteiger charge is -2.71. The van der Waals surface area contributed by atoms with Gasteiger partial charge in [-0.3, -0.25) is 0 Å². The summed E-state index contributed by atoms with van der Waals surface area (Å²) < 4.78 is 6.11. The van der Waals surface area contributed by atoms with Crippen LogP contribution in [0.4, 0.5) is 0 Å². The molecule has 2 heteroatoms. The van der Waals surface area contributed by atoms with Crippen molar-refractivity contribution in [2.45, 2.75) is 124 Å². The van der Waals surface area contributed by atoms with E-state index in [1.165, 1.54) is 51.4 Å². The van der Waals surface area contributed by atoms with Crippen molar-refractivity contribution in [3.63, 3.8) is 0 Å². The normalized spacial score (nSPS) is 56.8. The zero-order chi connectivity index (χ0) is 23.4. The fraction of sp³-hybridized carbons (Fsp3) is 0.933. The first-order valence-electron chi connectivity index (χ1n) is 13.7. The van der Waals surface area contributed by atoms with Crippen molar-refractivity contribution >= 4 is 0 Å². The minimum absolute atomic E-state index is 0.245. The Morgan fingerprint density at radius 1 is 0.844 bits per heavy atom. The molecule has 4 saturated carbocycles. The van der Waals surface area contributed by atoms with Crippen LogP contribution in [-0.2, 0) is 4.74 Å². The van der Waals surface area contributed by atoms with Gasteiger partial charge in [0.15, 0.2) is 0 Å². The Labute approximate surface area is 198 Å². The lowest BCUT2D eigenvalue weighted by molar-refractivity contribution is -0.242. The Kier molecular flexibility index (Phi) is 5.02. The van der Waals surface area contributed by atoms with Crippen molar-refractivity contribution in [3.05, 3.63) is 11.6 Å². The van der Waals surface area contributed by atoms with Crippen LogP contribution in [0.2, 0.25) is 0 Å². The van der Waals surface area contributed by atoms with Crippen LogP contribution in [0.25, 0.3) is 0 Å². The van der Waals surface area contributed by atoms with E-state index in [9.17, 15) is 5.11 Å². The largest absolute Gasteiger partial charge is 0.390 e. The number of aliphatic hydroxyl groups is 1. The highest BCUT2D eigenvalue weighted by atomic mass is 16.5. The van der Waals surface area contributed by atoms with Crippen LogP contribution < -0.4 is 0 Å². The molecule has 0 aromatic heterocycles. The first-order valence-corrected chi connectivity index (χ1v) is 13.7. The van der Waals surface area contributed by atoms with E-state index in [4.69, 9.17) is 4.74 Å². The van der Waals surface area contributed by atoms with Crippen LogP contribution in [0.3, 0.4) is 0 Å².